The van der Waals surface area contributed by atoms with Crippen LogP contribution in [0, 0.1) is 13.8 Å². The molecule has 0 heterocycles. The van der Waals surface area contributed by atoms with Gasteiger partial charge in [0.05, 0.1) is 5.69 Å². The van der Waals surface area contributed by atoms with Crippen LogP contribution in [-0.4, -0.2) is 15.1 Å². The van der Waals surface area contributed by atoms with Crippen molar-refractivity contribution in [2.45, 2.75) is 20.8 Å². The Labute approximate surface area is 86.7 Å². The van der Waals surface area contributed by atoms with Gasteiger partial charge in [0, 0.05) is 5.75 Å². The van der Waals surface area contributed by atoms with Crippen molar-refractivity contribution in [1.29, 1.82) is 0 Å². The number of aromatic hydroxyl groups is 1. The van der Waals surface area contributed by atoms with E-state index in [1.54, 1.807) is 6.07 Å². The topological polar surface area (TPSA) is 49.3 Å². The van der Waals surface area contributed by atoms with Crippen LogP contribution in [0.25, 0.3) is 0 Å². The molecule has 0 saturated heterocycles. The summed E-state index contributed by atoms with van der Waals surface area (Å²) in [6.07, 6.45) is 0. The predicted molar refractivity (Wildman–Crippen MR) is 59.9 cm³/mol. The van der Waals surface area contributed by atoms with Crippen molar-refractivity contribution in [3.8, 4) is 5.75 Å². The van der Waals surface area contributed by atoms with E-state index in [0.717, 1.165) is 11.1 Å². The van der Waals surface area contributed by atoms with Gasteiger partial charge in [0.25, 0.3) is 0 Å². The van der Waals surface area contributed by atoms with Gasteiger partial charge < -0.3 is 9.83 Å². The molecule has 1 aromatic rings. The van der Waals surface area contributed by atoms with Gasteiger partial charge in [-0.2, -0.15) is 0 Å². The third-order valence-corrected chi connectivity index (χ3v) is 2.90. The molecular weight excluding hydrogens is 198 g/mol. The fraction of sp³-hybridized carbons (Fsp3) is 0.400. The highest BCUT2D eigenvalue weighted by Gasteiger charge is 2.06. The fourth-order valence-electron chi connectivity index (χ4n) is 1.23. The highest BCUT2D eigenvalue weighted by atomic mass is 32.2. The molecule has 0 bridgehead atoms. The summed E-state index contributed by atoms with van der Waals surface area (Å²) in [4.78, 5) is 0. The number of benzene rings is 1. The molecule has 0 aliphatic heterocycles. The lowest BCUT2D eigenvalue weighted by atomic mass is 10.1. The molecule has 0 aliphatic rings. The van der Waals surface area contributed by atoms with E-state index in [1.807, 2.05) is 26.8 Å². The minimum atomic E-state index is -1.11. The number of hydrogen-bond donors (Lipinski definition) is 2. The number of phenols is 1. The zero-order valence-corrected chi connectivity index (χ0v) is 9.44. The maximum absolute atomic E-state index is 11.2. The summed E-state index contributed by atoms with van der Waals surface area (Å²) in [6, 6.07) is 3.67. The van der Waals surface area contributed by atoms with Crippen molar-refractivity contribution >= 4 is 16.7 Å². The molecule has 0 aliphatic carbocycles. The molecule has 0 aromatic heterocycles. The molecule has 0 fully saturated rings. The Balaban J connectivity index is 3.02. The Morgan fingerprint density at radius 3 is 2.64 bits per heavy atom. The summed E-state index contributed by atoms with van der Waals surface area (Å²) >= 11 is 0. The van der Waals surface area contributed by atoms with Gasteiger partial charge in [0.15, 0.2) is 0 Å². The molecule has 0 radical (unpaired) electrons. The Morgan fingerprint density at radius 2 is 2.07 bits per heavy atom. The number of hydrogen-bond acceptors (Lipinski definition) is 2. The first-order valence-electron chi connectivity index (χ1n) is 4.49. The maximum Gasteiger partial charge on any atom is 0.142 e. The average molecular weight is 213 g/mol. The first-order valence-corrected chi connectivity index (χ1v) is 5.81. The second kappa shape index (κ2) is 4.46. The van der Waals surface area contributed by atoms with Gasteiger partial charge in [0.1, 0.15) is 16.7 Å². The molecule has 0 saturated carbocycles. The Bertz CT molecular complexity index is 363. The Hall–Kier alpha value is -1.03. The lowest BCUT2D eigenvalue weighted by Gasteiger charge is -2.09. The second-order valence-corrected chi connectivity index (χ2v) is 4.69. The summed E-state index contributed by atoms with van der Waals surface area (Å²) in [5.74, 6) is 0.698. The van der Waals surface area contributed by atoms with E-state index >= 15 is 0 Å². The molecule has 1 atom stereocenters. The quantitative estimate of drug-likeness (QED) is 0.755. The standard InChI is InChI=1S/C10H15NO2S/c1-4-14(13)11-9-6-7(2)5-8(3)10(9)12/h5-6,11-12H,4H2,1-3H3. The summed E-state index contributed by atoms with van der Waals surface area (Å²) in [6.45, 7) is 5.58. The van der Waals surface area contributed by atoms with Crippen LogP contribution in [0.2, 0.25) is 0 Å². The molecule has 1 rings (SSSR count). The van der Waals surface area contributed by atoms with Crippen LogP contribution in [0.5, 0.6) is 5.75 Å². The van der Waals surface area contributed by atoms with Crippen molar-refractivity contribution in [3.63, 3.8) is 0 Å². The number of phenolic OH excluding ortho intramolecular Hbond substituents is 1. The first kappa shape index (κ1) is 11.0. The predicted octanol–water partition coefficient (Wildman–Crippen LogP) is 2.10. The highest BCUT2D eigenvalue weighted by Crippen LogP contribution is 2.28. The highest BCUT2D eigenvalue weighted by molar-refractivity contribution is 7.86. The first-order chi connectivity index (χ1) is 6.54. The SMILES string of the molecule is CCS(=O)Nc1cc(C)cc(C)c1O. The van der Waals surface area contributed by atoms with Crippen molar-refractivity contribution in [2.24, 2.45) is 0 Å². The zero-order chi connectivity index (χ0) is 10.7. The molecule has 3 nitrogen and oxygen atoms in total. The lowest BCUT2D eigenvalue weighted by molar-refractivity contribution is 0.473. The Kier molecular flexibility index (Phi) is 3.52. The Morgan fingerprint density at radius 1 is 1.43 bits per heavy atom. The molecule has 0 amide bonds. The molecule has 1 unspecified atom stereocenters. The molecule has 1 aromatic carbocycles. The zero-order valence-electron chi connectivity index (χ0n) is 8.63. The van der Waals surface area contributed by atoms with Crippen LogP contribution < -0.4 is 4.72 Å². The smallest absolute Gasteiger partial charge is 0.142 e. The number of rotatable bonds is 3. The van der Waals surface area contributed by atoms with Crippen LogP contribution in [0.3, 0.4) is 0 Å². The minimum Gasteiger partial charge on any atom is -0.505 e. The molecule has 0 spiro atoms. The van der Waals surface area contributed by atoms with E-state index in [2.05, 4.69) is 4.72 Å². The van der Waals surface area contributed by atoms with E-state index < -0.39 is 11.0 Å². The van der Waals surface area contributed by atoms with Crippen LogP contribution in [0.1, 0.15) is 18.1 Å². The summed E-state index contributed by atoms with van der Waals surface area (Å²) < 4.78 is 14.0. The van der Waals surface area contributed by atoms with Gasteiger partial charge in [-0.05, 0) is 31.0 Å². The number of aryl methyl sites for hydroxylation is 2. The third-order valence-electron chi connectivity index (χ3n) is 1.93. The average Bonchev–Trinajstić information content (AvgIpc) is 2.13. The van der Waals surface area contributed by atoms with E-state index in [4.69, 9.17) is 0 Å². The number of nitrogens with one attached hydrogen (secondary N) is 1. The van der Waals surface area contributed by atoms with E-state index in [-0.39, 0.29) is 5.75 Å². The summed E-state index contributed by atoms with van der Waals surface area (Å²) in [5.41, 5.74) is 2.37. The monoisotopic (exact) mass is 213 g/mol. The lowest BCUT2D eigenvalue weighted by Crippen LogP contribution is -2.06. The second-order valence-electron chi connectivity index (χ2n) is 3.21. The molecule has 2 N–H and O–H groups in total. The molecule has 78 valence electrons. The van der Waals surface area contributed by atoms with Crippen LogP contribution in [0.4, 0.5) is 5.69 Å². The van der Waals surface area contributed by atoms with Crippen molar-refractivity contribution in [1.82, 2.24) is 0 Å². The summed E-state index contributed by atoms with van der Waals surface area (Å²) in [7, 11) is -1.11. The van der Waals surface area contributed by atoms with Gasteiger partial charge >= 0.3 is 0 Å². The van der Waals surface area contributed by atoms with Gasteiger partial charge in [-0.1, -0.05) is 13.0 Å². The third kappa shape index (κ3) is 2.48. The van der Waals surface area contributed by atoms with Crippen LogP contribution >= 0.6 is 0 Å². The van der Waals surface area contributed by atoms with Gasteiger partial charge in [0.2, 0.25) is 0 Å². The summed E-state index contributed by atoms with van der Waals surface area (Å²) in [5, 5.41) is 9.67. The fourth-order valence-corrected chi connectivity index (χ4v) is 1.78. The number of anilines is 1. The molecular formula is C10H15NO2S. The van der Waals surface area contributed by atoms with Crippen molar-refractivity contribution in [3.05, 3.63) is 23.3 Å². The molecule has 4 heteroatoms. The van der Waals surface area contributed by atoms with Crippen LogP contribution in [-0.2, 0) is 11.0 Å². The normalized spacial score (nSPS) is 12.5. The van der Waals surface area contributed by atoms with Gasteiger partial charge in [-0.3, -0.25) is 0 Å². The van der Waals surface area contributed by atoms with Crippen molar-refractivity contribution in [2.75, 3.05) is 10.5 Å². The van der Waals surface area contributed by atoms with E-state index in [1.165, 1.54) is 0 Å². The largest absolute Gasteiger partial charge is 0.505 e. The van der Waals surface area contributed by atoms with Gasteiger partial charge in [-0.25, -0.2) is 4.21 Å². The van der Waals surface area contributed by atoms with Crippen LogP contribution in [0.15, 0.2) is 12.1 Å². The minimum absolute atomic E-state index is 0.178. The van der Waals surface area contributed by atoms with Crippen molar-refractivity contribution < 1.29 is 9.32 Å². The van der Waals surface area contributed by atoms with E-state index in [9.17, 15) is 9.32 Å². The van der Waals surface area contributed by atoms with E-state index in [0.29, 0.717) is 11.4 Å². The van der Waals surface area contributed by atoms with Gasteiger partial charge in [-0.15, -0.1) is 0 Å². The maximum atomic E-state index is 11.2. The molecule has 14 heavy (non-hydrogen) atoms.